The zero-order chi connectivity index (χ0) is 11.4. The van der Waals surface area contributed by atoms with E-state index in [1.165, 1.54) is 12.8 Å². The Bertz CT molecular complexity index is 305. The fourth-order valence-electron chi connectivity index (χ4n) is 2.31. The van der Waals surface area contributed by atoms with E-state index in [9.17, 15) is 5.11 Å². The molecule has 90 valence electrons. The Morgan fingerprint density at radius 3 is 2.88 bits per heavy atom. The summed E-state index contributed by atoms with van der Waals surface area (Å²) in [5, 5.41) is 15.1. The molecular formula is C12H20N2OS. The topological polar surface area (TPSA) is 45.1 Å². The van der Waals surface area contributed by atoms with Gasteiger partial charge in [0.1, 0.15) is 0 Å². The van der Waals surface area contributed by atoms with Gasteiger partial charge in [-0.1, -0.05) is 6.92 Å². The zero-order valence-corrected chi connectivity index (χ0v) is 10.6. The van der Waals surface area contributed by atoms with Crippen LogP contribution in [0.3, 0.4) is 0 Å². The number of aromatic nitrogens is 1. The molecule has 0 unspecified atom stereocenters. The molecule has 0 bridgehead atoms. The van der Waals surface area contributed by atoms with Gasteiger partial charge in [-0.25, -0.2) is 4.98 Å². The average molecular weight is 240 g/mol. The van der Waals surface area contributed by atoms with Gasteiger partial charge in [-0.15, -0.1) is 11.3 Å². The van der Waals surface area contributed by atoms with Gasteiger partial charge in [-0.05, 0) is 31.6 Å². The van der Waals surface area contributed by atoms with Crippen LogP contribution in [0.25, 0.3) is 0 Å². The van der Waals surface area contributed by atoms with E-state index in [-0.39, 0.29) is 12.1 Å². The van der Waals surface area contributed by atoms with Crippen molar-refractivity contribution in [3.8, 4) is 0 Å². The van der Waals surface area contributed by atoms with Crippen LogP contribution in [0.1, 0.15) is 38.3 Å². The molecule has 3 nitrogen and oxygen atoms in total. The molecule has 1 aliphatic rings. The van der Waals surface area contributed by atoms with Crippen LogP contribution in [0.2, 0.25) is 0 Å². The lowest BCUT2D eigenvalue weighted by Crippen LogP contribution is -2.50. The van der Waals surface area contributed by atoms with Gasteiger partial charge in [0.25, 0.3) is 0 Å². The van der Waals surface area contributed by atoms with Crippen LogP contribution in [0, 0.1) is 5.92 Å². The smallest absolute Gasteiger partial charge is 0.0795 e. The van der Waals surface area contributed by atoms with Gasteiger partial charge >= 0.3 is 0 Å². The first-order valence-corrected chi connectivity index (χ1v) is 6.91. The van der Waals surface area contributed by atoms with Crippen molar-refractivity contribution in [2.75, 3.05) is 6.61 Å². The Hall–Kier alpha value is -0.450. The number of thiazole rings is 1. The average Bonchev–Trinajstić information content (AvgIpc) is 2.82. The number of hydrogen-bond donors (Lipinski definition) is 2. The predicted octanol–water partition coefficient (Wildman–Crippen LogP) is 2.17. The van der Waals surface area contributed by atoms with Crippen molar-refractivity contribution in [2.45, 2.75) is 44.7 Å². The molecule has 16 heavy (non-hydrogen) atoms. The summed E-state index contributed by atoms with van der Waals surface area (Å²) < 4.78 is 0. The molecule has 1 aliphatic carbocycles. The number of nitrogens with zero attached hydrogens (tertiary/aromatic N) is 1. The van der Waals surface area contributed by atoms with Crippen molar-refractivity contribution in [1.82, 2.24) is 10.3 Å². The molecule has 1 fully saturated rings. The minimum absolute atomic E-state index is 0.0594. The monoisotopic (exact) mass is 240 g/mol. The fourth-order valence-corrected chi connectivity index (χ4v) is 2.87. The van der Waals surface area contributed by atoms with Crippen LogP contribution < -0.4 is 5.32 Å². The maximum Gasteiger partial charge on any atom is 0.0795 e. The molecule has 1 heterocycles. The highest BCUT2D eigenvalue weighted by Gasteiger charge is 2.32. The molecule has 0 amide bonds. The second kappa shape index (κ2) is 5.25. The van der Waals surface area contributed by atoms with Crippen molar-refractivity contribution >= 4 is 11.3 Å². The largest absolute Gasteiger partial charge is 0.394 e. The van der Waals surface area contributed by atoms with Crippen LogP contribution >= 0.6 is 11.3 Å². The first-order valence-electron chi connectivity index (χ1n) is 5.97. The molecule has 2 rings (SSSR count). The van der Waals surface area contributed by atoms with Crippen molar-refractivity contribution in [1.29, 1.82) is 0 Å². The van der Waals surface area contributed by atoms with E-state index in [4.69, 9.17) is 0 Å². The molecular weight excluding hydrogens is 220 g/mol. The molecule has 0 aromatic carbocycles. The van der Waals surface area contributed by atoms with E-state index in [1.807, 2.05) is 5.51 Å². The summed E-state index contributed by atoms with van der Waals surface area (Å²) in [6.45, 7) is 3.31. The summed E-state index contributed by atoms with van der Waals surface area (Å²) >= 11 is 1.62. The molecule has 1 aromatic rings. The maximum atomic E-state index is 9.58. The summed E-state index contributed by atoms with van der Waals surface area (Å²) in [6, 6.07) is 0. The third kappa shape index (κ3) is 2.81. The molecule has 4 heteroatoms. The minimum atomic E-state index is -0.0594. The second-order valence-corrected chi connectivity index (χ2v) is 5.67. The molecule has 0 spiro atoms. The third-order valence-corrected chi connectivity index (χ3v) is 4.30. The summed E-state index contributed by atoms with van der Waals surface area (Å²) in [7, 11) is 0. The Kier molecular flexibility index (Phi) is 3.95. The molecule has 0 aliphatic heterocycles. The van der Waals surface area contributed by atoms with E-state index >= 15 is 0 Å². The van der Waals surface area contributed by atoms with E-state index in [0.717, 1.165) is 31.0 Å². The summed E-state index contributed by atoms with van der Waals surface area (Å²) in [4.78, 5) is 4.26. The summed E-state index contributed by atoms with van der Waals surface area (Å²) in [6.07, 6.45) is 4.58. The van der Waals surface area contributed by atoms with E-state index in [0.29, 0.717) is 0 Å². The highest BCUT2D eigenvalue weighted by molar-refractivity contribution is 7.07. The Labute approximate surface area is 101 Å². The van der Waals surface area contributed by atoms with Gasteiger partial charge in [0.05, 0.1) is 17.8 Å². The molecule has 0 atom stereocenters. The summed E-state index contributed by atoms with van der Waals surface area (Å²) in [5.41, 5.74) is 2.87. The van der Waals surface area contributed by atoms with Crippen molar-refractivity contribution in [3.05, 3.63) is 16.6 Å². The third-order valence-electron chi connectivity index (χ3n) is 3.66. The van der Waals surface area contributed by atoms with Gasteiger partial charge in [-0.3, -0.25) is 0 Å². The predicted molar refractivity (Wildman–Crippen MR) is 66.4 cm³/mol. The van der Waals surface area contributed by atoms with Crippen LogP contribution in [0.4, 0.5) is 0 Å². The molecule has 0 radical (unpaired) electrons. The lowest BCUT2D eigenvalue weighted by molar-refractivity contribution is 0.104. The SMILES string of the molecule is CC1CCC(CO)(NCc2cscn2)CC1. The van der Waals surface area contributed by atoms with Gasteiger partial charge in [-0.2, -0.15) is 0 Å². The van der Waals surface area contributed by atoms with E-state index < -0.39 is 0 Å². The lowest BCUT2D eigenvalue weighted by Gasteiger charge is -2.38. The van der Waals surface area contributed by atoms with Gasteiger partial charge < -0.3 is 10.4 Å². The van der Waals surface area contributed by atoms with Crippen molar-refractivity contribution in [3.63, 3.8) is 0 Å². The highest BCUT2D eigenvalue weighted by Crippen LogP contribution is 2.31. The number of aliphatic hydroxyl groups excluding tert-OH is 1. The minimum Gasteiger partial charge on any atom is -0.394 e. The first kappa shape index (κ1) is 12.0. The number of nitrogens with one attached hydrogen (secondary N) is 1. The number of aliphatic hydroxyl groups is 1. The number of rotatable bonds is 4. The van der Waals surface area contributed by atoms with Gasteiger partial charge in [0, 0.05) is 17.5 Å². The van der Waals surface area contributed by atoms with Crippen LogP contribution in [0.15, 0.2) is 10.9 Å². The van der Waals surface area contributed by atoms with E-state index in [2.05, 4.69) is 22.6 Å². The Morgan fingerprint density at radius 1 is 1.56 bits per heavy atom. The Morgan fingerprint density at radius 2 is 2.31 bits per heavy atom. The maximum absolute atomic E-state index is 9.58. The number of hydrogen-bond acceptors (Lipinski definition) is 4. The Balaban J connectivity index is 1.89. The van der Waals surface area contributed by atoms with Crippen molar-refractivity contribution < 1.29 is 5.11 Å². The van der Waals surface area contributed by atoms with E-state index in [1.54, 1.807) is 11.3 Å². The standard InChI is InChI=1S/C12H20N2OS/c1-10-2-4-12(8-15,5-3-10)14-6-11-7-16-9-13-11/h7,9-10,14-15H,2-6,8H2,1H3. The highest BCUT2D eigenvalue weighted by atomic mass is 32.1. The zero-order valence-electron chi connectivity index (χ0n) is 9.78. The van der Waals surface area contributed by atoms with Gasteiger partial charge in [0.15, 0.2) is 0 Å². The normalized spacial score (nSPS) is 30.5. The van der Waals surface area contributed by atoms with Crippen molar-refractivity contribution in [2.24, 2.45) is 5.92 Å². The van der Waals surface area contributed by atoms with Gasteiger partial charge in [0.2, 0.25) is 0 Å². The van der Waals surface area contributed by atoms with Crippen LogP contribution in [0.5, 0.6) is 0 Å². The quantitative estimate of drug-likeness (QED) is 0.848. The molecule has 1 saturated carbocycles. The lowest BCUT2D eigenvalue weighted by atomic mass is 9.77. The molecule has 2 N–H and O–H groups in total. The molecule has 0 saturated heterocycles. The van der Waals surface area contributed by atoms with Crippen LogP contribution in [-0.2, 0) is 6.54 Å². The summed E-state index contributed by atoms with van der Waals surface area (Å²) in [5.74, 6) is 0.806. The second-order valence-electron chi connectivity index (χ2n) is 4.95. The fraction of sp³-hybridized carbons (Fsp3) is 0.750. The first-order chi connectivity index (χ1) is 7.74. The van der Waals surface area contributed by atoms with Crippen LogP contribution in [-0.4, -0.2) is 22.2 Å². The molecule has 1 aromatic heterocycles.